The Kier molecular flexibility index (Phi) is 6.22. The summed E-state index contributed by atoms with van der Waals surface area (Å²) in [6.45, 7) is 6.27. The standard InChI is InChI=1S/C13H27N3O3S/c1-2-3-7-16(12-13-5-4-6-14-13)20(17,18)15-8-10-19-11-9-15/h13-14H,2-12H2,1H3. The van der Waals surface area contributed by atoms with Crippen LogP contribution in [0.5, 0.6) is 0 Å². The van der Waals surface area contributed by atoms with E-state index in [9.17, 15) is 8.42 Å². The molecule has 6 nitrogen and oxygen atoms in total. The van der Waals surface area contributed by atoms with E-state index >= 15 is 0 Å². The second-order valence-electron chi connectivity index (χ2n) is 5.52. The van der Waals surface area contributed by atoms with Gasteiger partial charge in [-0.05, 0) is 25.8 Å². The number of nitrogens with one attached hydrogen (secondary N) is 1. The Morgan fingerprint density at radius 1 is 1.35 bits per heavy atom. The maximum Gasteiger partial charge on any atom is 0.282 e. The molecule has 0 aromatic rings. The van der Waals surface area contributed by atoms with E-state index < -0.39 is 10.2 Å². The number of ether oxygens (including phenoxy) is 1. The summed E-state index contributed by atoms with van der Waals surface area (Å²) in [6, 6.07) is 0.308. The number of unbranched alkanes of at least 4 members (excludes halogenated alkanes) is 1. The van der Waals surface area contributed by atoms with Crippen molar-refractivity contribution < 1.29 is 13.2 Å². The molecule has 2 saturated heterocycles. The van der Waals surface area contributed by atoms with Crippen LogP contribution in [0, 0.1) is 0 Å². The molecule has 7 heteroatoms. The molecular formula is C13H27N3O3S. The first-order chi connectivity index (χ1) is 9.64. The molecule has 2 fully saturated rings. The predicted molar refractivity (Wildman–Crippen MR) is 78.8 cm³/mol. The lowest BCUT2D eigenvalue weighted by Gasteiger charge is -2.33. The SMILES string of the molecule is CCCCN(CC1CCCN1)S(=O)(=O)N1CCOCC1. The highest BCUT2D eigenvalue weighted by Crippen LogP contribution is 2.15. The third-order valence-electron chi connectivity index (χ3n) is 3.97. The number of hydrogen-bond acceptors (Lipinski definition) is 4. The van der Waals surface area contributed by atoms with Crippen molar-refractivity contribution in [2.24, 2.45) is 0 Å². The van der Waals surface area contributed by atoms with Crippen LogP contribution in [-0.2, 0) is 14.9 Å². The van der Waals surface area contributed by atoms with Gasteiger partial charge in [0, 0.05) is 32.2 Å². The van der Waals surface area contributed by atoms with E-state index in [-0.39, 0.29) is 0 Å². The van der Waals surface area contributed by atoms with Gasteiger partial charge in [0.05, 0.1) is 13.2 Å². The highest BCUT2D eigenvalue weighted by Gasteiger charge is 2.32. The van der Waals surface area contributed by atoms with Gasteiger partial charge in [0.25, 0.3) is 10.2 Å². The van der Waals surface area contributed by atoms with Gasteiger partial charge in [-0.2, -0.15) is 17.0 Å². The van der Waals surface area contributed by atoms with Gasteiger partial charge in [0.2, 0.25) is 0 Å². The van der Waals surface area contributed by atoms with E-state index in [1.165, 1.54) is 0 Å². The first kappa shape index (κ1) is 16.2. The fourth-order valence-electron chi connectivity index (χ4n) is 2.73. The molecule has 2 heterocycles. The second kappa shape index (κ2) is 7.70. The van der Waals surface area contributed by atoms with Crippen molar-refractivity contribution >= 4 is 10.2 Å². The van der Waals surface area contributed by atoms with Gasteiger partial charge in [-0.25, -0.2) is 0 Å². The zero-order valence-electron chi connectivity index (χ0n) is 12.4. The molecule has 2 aliphatic heterocycles. The third kappa shape index (κ3) is 4.14. The van der Waals surface area contributed by atoms with E-state index in [0.29, 0.717) is 45.4 Å². The van der Waals surface area contributed by atoms with Crippen LogP contribution in [0.25, 0.3) is 0 Å². The lowest BCUT2D eigenvalue weighted by atomic mass is 10.2. The lowest BCUT2D eigenvalue weighted by Crippen LogP contribution is -2.51. The molecule has 118 valence electrons. The minimum absolute atomic E-state index is 0.308. The van der Waals surface area contributed by atoms with E-state index in [1.807, 2.05) is 0 Å². The molecule has 1 unspecified atom stereocenters. The van der Waals surface area contributed by atoms with Gasteiger partial charge >= 0.3 is 0 Å². The van der Waals surface area contributed by atoms with Crippen LogP contribution in [0.3, 0.4) is 0 Å². The van der Waals surface area contributed by atoms with Crippen molar-refractivity contribution in [3.63, 3.8) is 0 Å². The fraction of sp³-hybridized carbons (Fsp3) is 1.00. The van der Waals surface area contributed by atoms with Crippen molar-refractivity contribution in [1.82, 2.24) is 13.9 Å². The highest BCUT2D eigenvalue weighted by molar-refractivity contribution is 7.86. The average Bonchev–Trinajstić information content (AvgIpc) is 2.97. The average molecular weight is 305 g/mol. The molecule has 0 spiro atoms. The molecule has 0 saturated carbocycles. The van der Waals surface area contributed by atoms with Crippen molar-refractivity contribution in [2.45, 2.75) is 38.6 Å². The molecule has 0 aromatic heterocycles. The largest absolute Gasteiger partial charge is 0.379 e. The van der Waals surface area contributed by atoms with Crippen LogP contribution in [0.2, 0.25) is 0 Å². The van der Waals surface area contributed by atoms with Gasteiger partial charge < -0.3 is 10.1 Å². The lowest BCUT2D eigenvalue weighted by molar-refractivity contribution is 0.0699. The highest BCUT2D eigenvalue weighted by atomic mass is 32.2. The van der Waals surface area contributed by atoms with Crippen LogP contribution < -0.4 is 5.32 Å². The molecule has 0 bridgehead atoms. The van der Waals surface area contributed by atoms with Crippen LogP contribution >= 0.6 is 0 Å². The number of nitrogens with zero attached hydrogens (tertiary/aromatic N) is 2. The first-order valence-electron chi connectivity index (χ1n) is 7.71. The van der Waals surface area contributed by atoms with Crippen LogP contribution in [-0.4, -0.2) is 69.0 Å². The fourth-order valence-corrected chi connectivity index (χ4v) is 4.40. The Hall–Kier alpha value is -0.210. The van der Waals surface area contributed by atoms with Crippen LogP contribution in [0.15, 0.2) is 0 Å². The molecule has 0 aromatic carbocycles. The Bertz CT molecular complexity index is 376. The van der Waals surface area contributed by atoms with Crippen molar-refractivity contribution in [2.75, 3.05) is 45.9 Å². The van der Waals surface area contributed by atoms with Gasteiger partial charge in [-0.15, -0.1) is 0 Å². The summed E-state index contributed by atoms with van der Waals surface area (Å²) < 4.78 is 34.0. The zero-order chi connectivity index (χ0) is 14.4. The van der Waals surface area contributed by atoms with Crippen molar-refractivity contribution in [3.8, 4) is 0 Å². The first-order valence-corrected chi connectivity index (χ1v) is 9.10. The monoisotopic (exact) mass is 305 g/mol. The summed E-state index contributed by atoms with van der Waals surface area (Å²) in [6.07, 6.45) is 4.13. The molecule has 0 amide bonds. The van der Waals surface area contributed by atoms with E-state index in [0.717, 1.165) is 32.2 Å². The molecule has 0 aliphatic carbocycles. The van der Waals surface area contributed by atoms with E-state index in [4.69, 9.17) is 4.74 Å². The Balaban J connectivity index is 2.02. The summed E-state index contributed by atoms with van der Waals surface area (Å²) in [5, 5.41) is 3.39. The molecule has 0 radical (unpaired) electrons. The maximum atomic E-state index is 12.7. The molecule has 2 rings (SSSR count). The Morgan fingerprint density at radius 3 is 2.70 bits per heavy atom. The van der Waals surface area contributed by atoms with Crippen LogP contribution in [0.1, 0.15) is 32.6 Å². The van der Waals surface area contributed by atoms with Crippen molar-refractivity contribution in [1.29, 1.82) is 0 Å². The quantitative estimate of drug-likeness (QED) is 0.740. The topological polar surface area (TPSA) is 61.9 Å². The molecule has 2 aliphatic rings. The third-order valence-corrected chi connectivity index (χ3v) is 5.97. The minimum atomic E-state index is -3.34. The Labute approximate surface area is 122 Å². The minimum Gasteiger partial charge on any atom is -0.379 e. The number of rotatable bonds is 7. The second-order valence-corrected chi connectivity index (χ2v) is 7.45. The summed E-state index contributed by atoms with van der Waals surface area (Å²) in [5.74, 6) is 0. The van der Waals surface area contributed by atoms with Gasteiger partial charge in [0.1, 0.15) is 0 Å². The predicted octanol–water partition coefficient (Wildman–Crippen LogP) is 0.418. The summed E-state index contributed by atoms with van der Waals surface area (Å²) in [7, 11) is -3.34. The van der Waals surface area contributed by atoms with Crippen LogP contribution in [0.4, 0.5) is 0 Å². The molecular weight excluding hydrogens is 278 g/mol. The summed E-state index contributed by atoms with van der Waals surface area (Å²) in [4.78, 5) is 0. The normalized spacial score (nSPS) is 25.4. The molecule has 1 N–H and O–H groups in total. The molecule has 1 atom stereocenters. The number of morpholine rings is 1. The van der Waals surface area contributed by atoms with E-state index in [2.05, 4.69) is 12.2 Å². The number of hydrogen-bond donors (Lipinski definition) is 1. The van der Waals surface area contributed by atoms with Crippen molar-refractivity contribution in [3.05, 3.63) is 0 Å². The zero-order valence-corrected chi connectivity index (χ0v) is 13.2. The molecule has 20 heavy (non-hydrogen) atoms. The smallest absolute Gasteiger partial charge is 0.282 e. The Morgan fingerprint density at radius 2 is 2.10 bits per heavy atom. The summed E-state index contributed by atoms with van der Waals surface area (Å²) in [5.41, 5.74) is 0. The van der Waals surface area contributed by atoms with Gasteiger partial charge in [-0.3, -0.25) is 0 Å². The van der Waals surface area contributed by atoms with Gasteiger partial charge in [-0.1, -0.05) is 13.3 Å². The summed E-state index contributed by atoms with van der Waals surface area (Å²) >= 11 is 0. The van der Waals surface area contributed by atoms with E-state index in [1.54, 1.807) is 8.61 Å². The maximum absolute atomic E-state index is 12.7. The van der Waals surface area contributed by atoms with Gasteiger partial charge in [0.15, 0.2) is 0 Å².